The van der Waals surface area contributed by atoms with Crippen molar-refractivity contribution in [2.24, 2.45) is 0 Å². The van der Waals surface area contributed by atoms with Gasteiger partial charge in [-0.2, -0.15) is 0 Å². The summed E-state index contributed by atoms with van der Waals surface area (Å²) in [5.74, 6) is 0.624. The lowest BCUT2D eigenvalue weighted by Crippen LogP contribution is -2.53. The Morgan fingerprint density at radius 1 is 1.30 bits per heavy atom. The second kappa shape index (κ2) is 7.34. The number of sulfone groups is 1. The lowest BCUT2D eigenvalue weighted by atomic mass is 10.0. The summed E-state index contributed by atoms with van der Waals surface area (Å²) in [4.78, 5) is 13.8. The van der Waals surface area contributed by atoms with E-state index in [1.54, 1.807) is 11.8 Å². The Labute approximate surface area is 139 Å². The standard InChI is InChI=1S/C17H26N2O3S/c1-13(2)16-6-4-15(5-7-16)8-9-18-17(20)19-10-11-23(21,22)12-14(19)3/h4-7,13-14H,8-12H2,1-3H3,(H,18,20). The molecule has 1 aromatic rings. The van der Waals surface area contributed by atoms with Crippen LogP contribution in [0.3, 0.4) is 0 Å². The van der Waals surface area contributed by atoms with Crippen LogP contribution in [0, 0.1) is 0 Å². The molecule has 1 aliphatic heterocycles. The fraction of sp³-hybridized carbons (Fsp3) is 0.588. The normalized spacial score (nSPS) is 20.5. The molecule has 5 nitrogen and oxygen atoms in total. The Bertz CT molecular complexity index is 638. The number of carbonyl (C=O) groups excluding carboxylic acids is 1. The molecule has 0 radical (unpaired) electrons. The molecule has 1 aliphatic rings. The van der Waals surface area contributed by atoms with E-state index in [0.717, 1.165) is 6.42 Å². The number of benzene rings is 1. The zero-order valence-electron chi connectivity index (χ0n) is 14.1. The first kappa shape index (κ1) is 17.8. The maximum Gasteiger partial charge on any atom is 0.317 e. The van der Waals surface area contributed by atoms with Crippen molar-refractivity contribution < 1.29 is 13.2 Å². The molecule has 2 rings (SSSR count). The van der Waals surface area contributed by atoms with Crippen LogP contribution in [0.2, 0.25) is 0 Å². The highest BCUT2D eigenvalue weighted by Crippen LogP contribution is 2.15. The van der Waals surface area contributed by atoms with Crippen molar-refractivity contribution >= 4 is 15.9 Å². The van der Waals surface area contributed by atoms with Gasteiger partial charge in [0.2, 0.25) is 0 Å². The van der Waals surface area contributed by atoms with Crippen LogP contribution in [0.4, 0.5) is 4.79 Å². The highest BCUT2D eigenvalue weighted by Gasteiger charge is 2.30. The third kappa shape index (κ3) is 4.96. The van der Waals surface area contributed by atoms with E-state index < -0.39 is 9.84 Å². The Balaban J connectivity index is 1.81. The highest BCUT2D eigenvalue weighted by atomic mass is 32.2. The average molecular weight is 338 g/mol. The van der Waals surface area contributed by atoms with Gasteiger partial charge in [0.05, 0.1) is 11.5 Å². The summed E-state index contributed by atoms with van der Waals surface area (Å²) >= 11 is 0. The minimum absolute atomic E-state index is 0.0527. The van der Waals surface area contributed by atoms with Gasteiger partial charge in [-0.15, -0.1) is 0 Å². The number of nitrogens with one attached hydrogen (secondary N) is 1. The zero-order chi connectivity index (χ0) is 17.0. The largest absolute Gasteiger partial charge is 0.338 e. The van der Waals surface area contributed by atoms with E-state index in [9.17, 15) is 13.2 Å². The highest BCUT2D eigenvalue weighted by molar-refractivity contribution is 7.91. The minimum Gasteiger partial charge on any atom is -0.338 e. The van der Waals surface area contributed by atoms with Crippen molar-refractivity contribution in [3.8, 4) is 0 Å². The van der Waals surface area contributed by atoms with Crippen molar-refractivity contribution in [1.29, 1.82) is 0 Å². The smallest absolute Gasteiger partial charge is 0.317 e. The number of hydrogen-bond donors (Lipinski definition) is 1. The van der Waals surface area contributed by atoms with Gasteiger partial charge in [-0.1, -0.05) is 38.1 Å². The SMILES string of the molecule is CC(C)c1ccc(CCNC(=O)N2CCS(=O)(=O)CC2C)cc1. The van der Waals surface area contributed by atoms with Gasteiger partial charge in [-0.05, 0) is 30.4 Å². The van der Waals surface area contributed by atoms with Gasteiger partial charge in [-0.3, -0.25) is 0 Å². The Hall–Kier alpha value is -1.56. The van der Waals surface area contributed by atoms with Crippen molar-refractivity contribution in [3.63, 3.8) is 0 Å². The predicted molar refractivity (Wildman–Crippen MR) is 92.5 cm³/mol. The first-order chi connectivity index (χ1) is 10.8. The molecule has 1 saturated heterocycles. The van der Waals surface area contributed by atoms with Crippen LogP contribution in [0.15, 0.2) is 24.3 Å². The Kier molecular flexibility index (Phi) is 5.68. The molecule has 6 heteroatoms. The van der Waals surface area contributed by atoms with Crippen molar-refractivity contribution in [3.05, 3.63) is 35.4 Å². The van der Waals surface area contributed by atoms with Gasteiger partial charge < -0.3 is 10.2 Å². The van der Waals surface area contributed by atoms with Crippen LogP contribution < -0.4 is 5.32 Å². The molecular weight excluding hydrogens is 312 g/mol. The number of nitrogens with zero attached hydrogens (tertiary/aromatic N) is 1. The summed E-state index contributed by atoms with van der Waals surface area (Å²) in [5, 5.41) is 2.89. The van der Waals surface area contributed by atoms with Gasteiger partial charge in [0.25, 0.3) is 0 Å². The molecule has 0 aromatic heterocycles. The number of carbonyl (C=O) groups is 1. The van der Waals surface area contributed by atoms with Crippen molar-refractivity contribution in [2.45, 2.75) is 39.2 Å². The summed E-state index contributed by atoms with van der Waals surface area (Å²) in [6.07, 6.45) is 0.768. The summed E-state index contributed by atoms with van der Waals surface area (Å²) in [7, 11) is -2.99. The van der Waals surface area contributed by atoms with Crippen molar-refractivity contribution in [1.82, 2.24) is 10.2 Å². The molecule has 1 aromatic carbocycles. The van der Waals surface area contributed by atoms with E-state index in [0.29, 0.717) is 12.5 Å². The van der Waals surface area contributed by atoms with Gasteiger partial charge in [-0.25, -0.2) is 13.2 Å². The lowest BCUT2D eigenvalue weighted by molar-refractivity contribution is 0.185. The summed E-state index contributed by atoms with van der Waals surface area (Å²) < 4.78 is 23.1. The van der Waals surface area contributed by atoms with Crippen LogP contribution in [0.5, 0.6) is 0 Å². The van der Waals surface area contributed by atoms with Crippen molar-refractivity contribution in [2.75, 3.05) is 24.6 Å². The van der Waals surface area contributed by atoms with E-state index in [4.69, 9.17) is 0 Å². The monoisotopic (exact) mass is 338 g/mol. The summed E-state index contributed by atoms with van der Waals surface area (Å²) in [6, 6.07) is 8.00. The number of hydrogen-bond acceptors (Lipinski definition) is 3. The molecule has 0 bridgehead atoms. The summed E-state index contributed by atoms with van der Waals surface area (Å²) in [6.45, 7) is 6.93. The molecule has 128 valence electrons. The molecular formula is C17H26N2O3S. The predicted octanol–water partition coefficient (Wildman–Crippen LogP) is 2.18. The first-order valence-corrected chi connectivity index (χ1v) is 9.94. The Morgan fingerprint density at radius 2 is 1.96 bits per heavy atom. The van der Waals surface area contributed by atoms with Crippen LogP contribution in [-0.2, 0) is 16.3 Å². The van der Waals surface area contributed by atoms with Gasteiger partial charge in [0.1, 0.15) is 0 Å². The number of amides is 2. The molecule has 23 heavy (non-hydrogen) atoms. The molecule has 1 fully saturated rings. The maximum atomic E-state index is 12.2. The third-order valence-electron chi connectivity index (χ3n) is 4.27. The van der Waals surface area contributed by atoms with Crippen LogP contribution in [0.25, 0.3) is 0 Å². The molecule has 1 heterocycles. The van der Waals surface area contributed by atoms with Gasteiger partial charge >= 0.3 is 6.03 Å². The third-order valence-corrected chi connectivity index (χ3v) is 6.06. The second-order valence-electron chi connectivity index (χ2n) is 6.53. The molecule has 1 N–H and O–H groups in total. The van der Waals surface area contributed by atoms with E-state index in [2.05, 4.69) is 43.4 Å². The topological polar surface area (TPSA) is 66.5 Å². The summed E-state index contributed by atoms with van der Waals surface area (Å²) in [5.41, 5.74) is 2.49. The van der Waals surface area contributed by atoms with E-state index in [1.807, 2.05) is 0 Å². The first-order valence-electron chi connectivity index (χ1n) is 8.12. The number of rotatable bonds is 4. The fourth-order valence-corrected chi connectivity index (χ4v) is 4.34. The van der Waals surface area contributed by atoms with E-state index in [-0.39, 0.29) is 30.1 Å². The molecule has 0 saturated carbocycles. The molecule has 1 atom stereocenters. The zero-order valence-corrected chi connectivity index (χ0v) is 14.9. The minimum atomic E-state index is -2.99. The molecule has 2 amide bonds. The lowest BCUT2D eigenvalue weighted by Gasteiger charge is -2.33. The second-order valence-corrected chi connectivity index (χ2v) is 8.76. The molecule has 0 spiro atoms. The fourth-order valence-electron chi connectivity index (χ4n) is 2.78. The van der Waals surface area contributed by atoms with Gasteiger partial charge in [0, 0.05) is 19.1 Å². The van der Waals surface area contributed by atoms with Crippen LogP contribution in [0.1, 0.15) is 37.8 Å². The molecule has 1 unspecified atom stereocenters. The van der Waals surface area contributed by atoms with Crippen LogP contribution >= 0.6 is 0 Å². The van der Waals surface area contributed by atoms with Crippen LogP contribution in [-0.4, -0.2) is 50.0 Å². The maximum absolute atomic E-state index is 12.2. The average Bonchev–Trinajstić information content (AvgIpc) is 2.46. The van der Waals surface area contributed by atoms with E-state index in [1.165, 1.54) is 11.1 Å². The molecule has 0 aliphatic carbocycles. The van der Waals surface area contributed by atoms with Gasteiger partial charge in [0.15, 0.2) is 9.84 Å². The quantitative estimate of drug-likeness (QED) is 0.915. The Morgan fingerprint density at radius 3 is 2.52 bits per heavy atom. The number of urea groups is 1. The van der Waals surface area contributed by atoms with E-state index >= 15 is 0 Å².